The second kappa shape index (κ2) is 5.14. The van der Waals surface area contributed by atoms with E-state index < -0.39 is 11.2 Å². The molecule has 0 bridgehead atoms. The van der Waals surface area contributed by atoms with Crippen LogP contribution in [0.15, 0.2) is 30.3 Å². The fourth-order valence-electron chi connectivity index (χ4n) is 3.64. The maximum absolute atomic E-state index is 11.3. The van der Waals surface area contributed by atoms with Gasteiger partial charge in [-0.25, -0.2) is 0 Å². The van der Waals surface area contributed by atoms with Gasteiger partial charge in [0.15, 0.2) is 0 Å². The highest BCUT2D eigenvalue weighted by Gasteiger charge is 2.55. The van der Waals surface area contributed by atoms with Crippen molar-refractivity contribution in [1.29, 1.82) is 0 Å². The van der Waals surface area contributed by atoms with Crippen molar-refractivity contribution in [3.8, 4) is 0 Å². The summed E-state index contributed by atoms with van der Waals surface area (Å²) in [5.41, 5.74) is -0.772. The van der Waals surface area contributed by atoms with Crippen molar-refractivity contribution in [3.63, 3.8) is 0 Å². The van der Waals surface area contributed by atoms with Crippen LogP contribution in [-0.2, 0) is 15.1 Å². The van der Waals surface area contributed by atoms with Crippen molar-refractivity contribution in [1.82, 2.24) is 0 Å². The van der Waals surface area contributed by atoms with Crippen molar-refractivity contribution in [2.75, 3.05) is 13.7 Å². The SMILES string of the molecule is COCC(O)(c1ccccc1)C1CC(C)(C)OC1(C)C. The van der Waals surface area contributed by atoms with Crippen molar-refractivity contribution < 1.29 is 14.6 Å². The fraction of sp³-hybridized carbons (Fsp3) is 0.647. The minimum Gasteiger partial charge on any atom is -0.382 e. The van der Waals surface area contributed by atoms with Crippen LogP contribution in [0.25, 0.3) is 0 Å². The van der Waals surface area contributed by atoms with Crippen molar-refractivity contribution in [2.24, 2.45) is 5.92 Å². The van der Waals surface area contributed by atoms with E-state index in [9.17, 15) is 5.11 Å². The average molecular weight is 278 g/mol. The second-order valence-corrected chi connectivity index (χ2v) is 6.95. The average Bonchev–Trinajstić information content (AvgIpc) is 2.59. The second-order valence-electron chi connectivity index (χ2n) is 6.95. The number of aliphatic hydroxyl groups is 1. The first kappa shape index (κ1) is 15.5. The van der Waals surface area contributed by atoms with Gasteiger partial charge in [0.1, 0.15) is 5.60 Å². The van der Waals surface area contributed by atoms with Crippen molar-refractivity contribution >= 4 is 0 Å². The zero-order chi connectivity index (χ0) is 15.0. The van der Waals surface area contributed by atoms with Crippen LogP contribution in [0, 0.1) is 5.92 Å². The molecule has 0 radical (unpaired) electrons. The number of rotatable bonds is 4. The molecular formula is C17H26O3. The number of methoxy groups -OCH3 is 1. The van der Waals surface area contributed by atoms with Crippen molar-refractivity contribution in [3.05, 3.63) is 35.9 Å². The highest BCUT2D eigenvalue weighted by molar-refractivity contribution is 5.25. The zero-order valence-corrected chi connectivity index (χ0v) is 13.1. The van der Waals surface area contributed by atoms with Crippen LogP contribution in [0.4, 0.5) is 0 Å². The smallest absolute Gasteiger partial charge is 0.118 e. The largest absolute Gasteiger partial charge is 0.382 e. The van der Waals surface area contributed by atoms with E-state index in [1.54, 1.807) is 7.11 Å². The predicted octanol–water partition coefficient (Wildman–Crippen LogP) is 3.11. The molecule has 1 fully saturated rings. The first-order valence-corrected chi connectivity index (χ1v) is 7.18. The molecule has 1 aromatic carbocycles. The molecule has 3 heteroatoms. The van der Waals surface area contributed by atoms with Crippen LogP contribution in [-0.4, -0.2) is 30.0 Å². The maximum atomic E-state index is 11.3. The topological polar surface area (TPSA) is 38.7 Å². The standard InChI is InChI=1S/C17H26O3/c1-15(2)11-14(16(3,4)20-15)17(18,12-19-5)13-9-7-6-8-10-13/h6-10,14,18H,11-12H2,1-5H3. The van der Waals surface area contributed by atoms with E-state index in [1.807, 2.05) is 30.3 Å². The van der Waals surface area contributed by atoms with Crippen LogP contribution >= 0.6 is 0 Å². The molecule has 1 heterocycles. The van der Waals surface area contributed by atoms with Gasteiger partial charge in [0.25, 0.3) is 0 Å². The third-order valence-corrected chi connectivity index (χ3v) is 4.29. The molecular weight excluding hydrogens is 252 g/mol. The Morgan fingerprint density at radius 1 is 1.25 bits per heavy atom. The molecule has 1 saturated heterocycles. The van der Waals surface area contributed by atoms with Gasteiger partial charge in [-0.05, 0) is 39.7 Å². The van der Waals surface area contributed by atoms with Crippen LogP contribution in [0.5, 0.6) is 0 Å². The van der Waals surface area contributed by atoms with E-state index in [4.69, 9.17) is 9.47 Å². The molecule has 1 aromatic rings. The normalized spacial score (nSPS) is 27.2. The van der Waals surface area contributed by atoms with Gasteiger partial charge in [0, 0.05) is 13.0 Å². The van der Waals surface area contributed by atoms with E-state index in [0.717, 1.165) is 12.0 Å². The molecule has 2 unspecified atom stereocenters. The molecule has 1 aliphatic heterocycles. The van der Waals surface area contributed by atoms with Gasteiger partial charge in [0.05, 0.1) is 17.8 Å². The predicted molar refractivity (Wildman–Crippen MR) is 79.6 cm³/mol. The van der Waals surface area contributed by atoms with Crippen LogP contribution < -0.4 is 0 Å². The zero-order valence-electron chi connectivity index (χ0n) is 13.1. The van der Waals surface area contributed by atoms with Crippen LogP contribution in [0.2, 0.25) is 0 Å². The summed E-state index contributed by atoms with van der Waals surface area (Å²) < 4.78 is 11.5. The molecule has 0 aromatic heterocycles. The lowest BCUT2D eigenvalue weighted by Crippen LogP contribution is -2.47. The van der Waals surface area contributed by atoms with E-state index in [1.165, 1.54) is 0 Å². The minimum atomic E-state index is -1.03. The Balaban J connectivity index is 2.43. The van der Waals surface area contributed by atoms with Gasteiger partial charge < -0.3 is 14.6 Å². The number of ether oxygens (including phenoxy) is 2. The fourth-order valence-corrected chi connectivity index (χ4v) is 3.64. The number of hydrogen-bond acceptors (Lipinski definition) is 3. The number of hydrogen-bond donors (Lipinski definition) is 1. The summed E-state index contributed by atoms with van der Waals surface area (Å²) in [6.07, 6.45) is 0.800. The van der Waals surface area contributed by atoms with E-state index in [2.05, 4.69) is 27.7 Å². The molecule has 20 heavy (non-hydrogen) atoms. The molecule has 3 nitrogen and oxygen atoms in total. The first-order chi connectivity index (χ1) is 9.21. The molecule has 0 spiro atoms. The summed E-state index contributed by atoms with van der Waals surface area (Å²) in [6.45, 7) is 8.52. The molecule has 0 amide bonds. The molecule has 2 rings (SSSR count). The quantitative estimate of drug-likeness (QED) is 0.919. The van der Waals surface area contributed by atoms with Gasteiger partial charge in [0.2, 0.25) is 0 Å². The lowest BCUT2D eigenvalue weighted by atomic mass is 9.71. The minimum absolute atomic E-state index is 0.0210. The Labute approximate surface area is 121 Å². The summed E-state index contributed by atoms with van der Waals surface area (Å²) in [5, 5.41) is 11.3. The molecule has 1 aliphatic rings. The van der Waals surface area contributed by atoms with E-state index in [-0.39, 0.29) is 18.1 Å². The molecule has 0 aliphatic carbocycles. The molecule has 1 N–H and O–H groups in total. The van der Waals surface area contributed by atoms with E-state index >= 15 is 0 Å². The van der Waals surface area contributed by atoms with E-state index in [0.29, 0.717) is 0 Å². The summed E-state index contributed by atoms with van der Waals surface area (Å²) in [7, 11) is 1.63. The van der Waals surface area contributed by atoms with Gasteiger partial charge >= 0.3 is 0 Å². The summed E-state index contributed by atoms with van der Waals surface area (Å²) in [6, 6.07) is 9.77. The van der Waals surface area contributed by atoms with Crippen LogP contribution in [0.3, 0.4) is 0 Å². The lowest BCUT2D eigenvalue weighted by Gasteiger charge is -2.40. The Morgan fingerprint density at radius 2 is 1.85 bits per heavy atom. The van der Waals surface area contributed by atoms with Crippen molar-refractivity contribution in [2.45, 2.75) is 50.9 Å². The molecule has 0 saturated carbocycles. The number of benzene rings is 1. The van der Waals surface area contributed by atoms with Crippen LogP contribution in [0.1, 0.15) is 39.7 Å². The van der Waals surface area contributed by atoms with Gasteiger partial charge in [-0.2, -0.15) is 0 Å². The Hall–Kier alpha value is -0.900. The third-order valence-electron chi connectivity index (χ3n) is 4.29. The third kappa shape index (κ3) is 2.76. The Kier molecular flexibility index (Phi) is 3.98. The first-order valence-electron chi connectivity index (χ1n) is 7.18. The maximum Gasteiger partial charge on any atom is 0.118 e. The summed E-state index contributed by atoms with van der Waals surface area (Å²) in [4.78, 5) is 0. The Bertz CT molecular complexity index is 453. The highest BCUT2D eigenvalue weighted by Crippen LogP contribution is 2.50. The van der Waals surface area contributed by atoms with Gasteiger partial charge in [-0.3, -0.25) is 0 Å². The highest BCUT2D eigenvalue weighted by atomic mass is 16.5. The monoisotopic (exact) mass is 278 g/mol. The molecule has 112 valence electrons. The lowest BCUT2D eigenvalue weighted by molar-refractivity contribution is -0.136. The molecule has 2 atom stereocenters. The summed E-state index contributed by atoms with van der Waals surface area (Å²) >= 11 is 0. The van der Waals surface area contributed by atoms with Gasteiger partial charge in [-0.15, -0.1) is 0 Å². The Morgan fingerprint density at radius 3 is 2.30 bits per heavy atom. The van der Waals surface area contributed by atoms with Gasteiger partial charge in [-0.1, -0.05) is 30.3 Å². The summed E-state index contributed by atoms with van der Waals surface area (Å²) in [5.74, 6) is -0.0210.